The zero-order chi connectivity index (χ0) is 22.8. The molecule has 0 aliphatic heterocycles. The van der Waals surface area contributed by atoms with Gasteiger partial charge in [0.1, 0.15) is 17.4 Å². The number of nitrogens with one attached hydrogen (secondary N) is 1. The summed E-state index contributed by atoms with van der Waals surface area (Å²) >= 11 is 1.18. The maximum atomic E-state index is 13.3. The molecule has 0 fully saturated rings. The van der Waals surface area contributed by atoms with E-state index in [9.17, 15) is 15.2 Å². The maximum absolute atomic E-state index is 13.3. The Balaban J connectivity index is 1.56. The Morgan fingerprint density at radius 1 is 0.970 bits per heavy atom. The summed E-state index contributed by atoms with van der Waals surface area (Å²) in [6.07, 6.45) is 0. The molecular weight excluding hydrogens is 434 g/mol. The number of benzene rings is 3. The molecule has 2 N–H and O–H groups in total. The molecule has 160 valence electrons. The van der Waals surface area contributed by atoms with Crippen LogP contribution in [0.15, 0.2) is 94.6 Å². The fourth-order valence-electron chi connectivity index (χ4n) is 3.54. The molecule has 7 nitrogen and oxygen atoms in total. The standard InChI is InChI=1S/C25H17N5O2S/c26-14-18(23-27-20-12-6-7-13-21(20)28-23)22(31)15-33-25-29-19-11-5-4-10-17(19)24(32)30(25)16-8-2-1-3-9-16/h1-13,31H,15H2,(H,27,28)/b22-18-. The largest absolute Gasteiger partial charge is 0.510 e. The number of nitriles is 1. The lowest BCUT2D eigenvalue weighted by Gasteiger charge is -2.13. The second-order valence-electron chi connectivity index (χ2n) is 7.21. The van der Waals surface area contributed by atoms with E-state index in [1.54, 1.807) is 18.2 Å². The van der Waals surface area contributed by atoms with Crippen LogP contribution in [0.4, 0.5) is 0 Å². The van der Waals surface area contributed by atoms with E-state index in [0.29, 0.717) is 33.1 Å². The molecular formula is C25H17N5O2S. The van der Waals surface area contributed by atoms with Gasteiger partial charge in [0.15, 0.2) is 11.0 Å². The summed E-state index contributed by atoms with van der Waals surface area (Å²) in [4.78, 5) is 25.4. The van der Waals surface area contributed by atoms with E-state index in [2.05, 4.69) is 15.0 Å². The lowest BCUT2D eigenvalue weighted by Crippen LogP contribution is -2.21. The lowest BCUT2D eigenvalue weighted by molar-refractivity contribution is 0.420. The van der Waals surface area contributed by atoms with Crippen LogP contribution in [0.3, 0.4) is 0 Å². The van der Waals surface area contributed by atoms with E-state index in [-0.39, 0.29) is 22.6 Å². The van der Waals surface area contributed by atoms with Crippen LogP contribution < -0.4 is 5.56 Å². The molecule has 33 heavy (non-hydrogen) atoms. The van der Waals surface area contributed by atoms with E-state index >= 15 is 0 Å². The normalized spacial score (nSPS) is 12.0. The van der Waals surface area contributed by atoms with E-state index in [1.165, 1.54) is 16.3 Å². The third-order valence-electron chi connectivity index (χ3n) is 5.12. The number of nitrogens with zero attached hydrogens (tertiary/aromatic N) is 4. The first-order valence-corrected chi connectivity index (χ1v) is 11.1. The van der Waals surface area contributed by atoms with Crippen molar-refractivity contribution in [3.63, 3.8) is 0 Å². The number of hydrogen-bond acceptors (Lipinski definition) is 6. The number of H-pyrrole nitrogens is 1. The van der Waals surface area contributed by atoms with Gasteiger partial charge in [0.05, 0.1) is 33.4 Å². The zero-order valence-corrected chi connectivity index (χ0v) is 18.1. The van der Waals surface area contributed by atoms with Gasteiger partial charge in [-0.1, -0.05) is 54.2 Å². The molecule has 8 heteroatoms. The summed E-state index contributed by atoms with van der Waals surface area (Å²) < 4.78 is 1.52. The van der Waals surface area contributed by atoms with Gasteiger partial charge in [0.25, 0.3) is 5.56 Å². The Morgan fingerprint density at radius 3 is 2.42 bits per heavy atom. The highest BCUT2D eigenvalue weighted by Gasteiger charge is 2.17. The second-order valence-corrected chi connectivity index (χ2v) is 8.15. The molecule has 0 bridgehead atoms. The van der Waals surface area contributed by atoms with Crippen LogP contribution in [-0.2, 0) is 0 Å². The fraction of sp³-hybridized carbons (Fsp3) is 0.0400. The Kier molecular flexibility index (Phi) is 5.39. The van der Waals surface area contributed by atoms with Gasteiger partial charge in [-0.3, -0.25) is 9.36 Å². The minimum Gasteiger partial charge on any atom is -0.510 e. The SMILES string of the molecule is N#C/C(=C(/O)CSc1nc2ccccc2c(=O)n1-c1ccccc1)c1nc2ccccc2[nH]1. The quantitative estimate of drug-likeness (QED) is 0.171. The third-order valence-corrected chi connectivity index (χ3v) is 6.07. The van der Waals surface area contributed by atoms with Crippen molar-refractivity contribution in [1.29, 1.82) is 5.26 Å². The minimum absolute atomic E-state index is 0.0392. The average molecular weight is 452 g/mol. The summed E-state index contributed by atoms with van der Waals surface area (Å²) in [6, 6.07) is 25.8. The minimum atomic E-state index is -0.199. The number of aliphatic hydroxyl groups excluding tert-OH is 1. The fourth-order valence-corrected chi connectivity index (χ4v) is 4.43. The first-order valence-electron chi connectivity index (χ1n) is 10.1. The first-order chi connectivity index (χ1) is 16.2. The van der Waals surface area contributed by atoms with Gasteiger partial charge in [-0.15, -0.1) is 0 Å². The summed E-state index contributed by atoms with van der Waals surface area (Å²) in [6.45, 7) is 0. The van der Waals surface area contributed by atoms with Crippen molar-refractivity contribution in [2.45, 2.75) is 5.16 Å². The van der Waals surface area contributed by atoms with Crippen LogP contribution >= 0.6 is 11.8 Å². The summed E-state index contributed by atoms with van der Waals surface area (Å²) in [7, 11) is 0. The van der Waals surface area contributed by atoms with E-state index in [0.717, 1.165) is 5.52 Å². The van der Waals surface area contributed by atoms with Crippen molar-refractivity contribution in [2.75, 3.05) is 5.75 Å². The Morgan fingerprint density at radius 2 is 1.67 bits per heavy atom. The molecule has 0 aliphatic carbocycles. The molecule has 5 rings (SSSR count). The lowest BCUT2D eigenvalue weighted by atomic mass is 10.2. The number of aromatic nitrogens is 4. The Bertz CT molecular complexity index is 1580. The van der Waals surface area contributed by atoms with Crippen LogP contribution in [0.2, 0.25) is 0 Å². The highest BCUT2D eigenvalue weighted by atomic mass is 32.2. The third kappa shape index (κ3) is 3.86. The highest BCUT2D eigenvalue weighted by molar-refractivity contribution is 7.99. The monoisotopic (exact) mass is 451 g/mol. The van der Waals surface area contributed by atoms with Crippen LogP contribution in [0.5, 0.6) is 0 Å². The number of imidazole rings is 1. The number of hydrogen-bond donors (Lipinski definition) is 2. The summed E-state index contributed by atoms with van der Waals surface area (Å²) in [5.74, 6) is 0.185. The van der Waals surface area contributed by atoms with Gasteiger partial charge in [-0.05, 0) is 36.4 Å². The number of thioether (sulfide) groups is 1. The molecule has 3 aromatic carbocycles. The molecule has 0 aliphatic rings. The number of allylic oxidation sites excluding steroid dienone is 1. The van der Waals surface area contributed by atoms with Gasteiger partial charge >= 0.3 is 0 Å². The van der Waals surface area contributed by atoms with Gasteiger partial charge < -0.3 is 10.1 Å². The molecule has 0 amide bonds. The number of aromatic amines is 1. The predicted molar refractivity (Wildman–Crippen MR) is 129 cm³/mol. The van der Waals surface area contributed by atoms with Crippen molar-refractivity contribution in [2.24, 2.45) is 0 Å². The van der Waals surface area contributed by atoms with Crippen LogP contribution in [0.1, 0.15) is 5.82 Å². The van der Waals surface area contributed by atoms with Crippen molar-refractivity contribution in [3.05, 3.63) is 101 Å². The average Bonchev–Trinajstić information content (AvgIpc) is 3.27. The molecule has 0 atom stereocenters. The molecule has 2 aromatic heterocycles. The summed E-state index contributed by atoms with van der Waals surface area (Å²) in [5.41, 5.74) is 2.57. The van der Waals surface area contributed by atoms with E-state index in [1.807, 2.05) is 66.7 Å². The number of aliphatic hydroxyl groups is 1. The maximum Gasteiger partial charge on any atom is 0.266 e. The predicted octanol–water partition coefficient (Wildman–Crippen LogP) is 4.85. The van der Waals surface area contributed by atoms with Gasteiger partial charge in [0, 0.05) is 0 Å². The van der Waals surface area contributed by atoms with Gasteiger partial charge in [-0.25, -0.2) is 9.97 Å². The molecule has 0 unspecified atom stereocenters. The molecule has 0 saturated heterocycles. The molecule has 2 heterocycles. The Hall–Kier alpha value is -4.35. The Labute approximate surface area is 192 Å². The van der Waals surface area contributed by atoms with Crippen LogP contribution in [0, 0.1) is 11.3 Å². The second kappa shape index (κ2) is 8.65. The summed E-state index contributed by atoms with van der Waals surface area (Å²) in [5, 5.41) is 21.4. The zero-order valence-electron chi connectivity index (χ0n) is 17.3. The number of rotatable bonds is 5. The van der Waals surface area contributed by atoms with Gasteiger partial charge in [-0.2, -0.15) is 5.26 Å². The molecule has 0 saturated carbocycles. The highest BCUT2D eigenvalue weighted by Crippen LogP contribution is 2.26. The van der Waals surface area contributed by atoms with Crippen molar-refractivity contribution in [3.8, 4) is 11.8 Å². The topological polar surface area (TPSA) is 108 Å². The van der Waals surface area contributed by atoms with Crippen molar-refractivity contribution < 1.29 is 5.11 Å². The van der Waals surface area contributed by atoms with Gasteiger partial charge in [0.2, 0.25) is 0 Å². The van der Waals surface area contributed by atoms with Crippen LogP contribution in [-0.4, -0.2) is 30.4 Å². The van der Waals surface area contributed by atoms with Crippen molar-refractivity contribution in [1.82, 2.24) is 19.5 Å². The smallest absolute Gasteiger partial charge is 0.266 e. The molecule has 0 spiro atoms. The number of fused-ring (bicyclic) bond motifs is 2. The van der Waals surface area contributed by atoms with Crippen LogP contribution in [0.25, 0.3) is 33.2 Å². The van der Waals surface area contributed by atoms with E-state index in [4.69, 9.17) is 0 Å². The first kappa shape index (κ1) is 20.5. The number of para-hydroxylation sites is 4. The molecule has 0 radical (unpaired) electrons. The van der Waals surface area contributed by atoms with E-state index < -0.39 is 0 Å². The van der Waals surface area contributed by atoms with Crippen molar-refractivity contribution >= 4 is 39.3 Å². The molecule has 5 aromatic rings.